The zero-order valence-corrected chi connectivity index (χ0v) is 11.5. The molecule has 0 aliphatic heterocycles. The molecule has 0 aromatic carbocycles. The first-order chi connectivity index (χ1) is 13.0. The molecule has 0 saturated carbocycles. The lowest BCUT2D eigenvalue weighted by molar-refractivity contribution is -0.141. The molecule has 20 heavy (non-hydrogen) atoms. The van der Waals surface area contributed by atoms with E-state index in [9.17, 15) is 14.4 Å². The molecule has 2 N–H and O–H groups in total. The van der Waals surface area contributed by atoms with Crippen LogP contribution in [0, 0.1) is 5.89 Å². The number of alkyl carbamates (subject to hydrolysis) is 1. The lowest BCUT2D eigenvalue weighted by Gasteiger charge is -2.25. The second-order valence-electron chi connectivity index (χ2n) is 4.45. The van der Waals surface area contributed by atoms with Crippen LogP contribution in [0.2, 0.25) is 0 Å². The van der Waals surface area contributed by atoms with Crippen molar-refractivity contribution >= 4 is 18.0 Å². The zero-order chi connectivity index (χ0) is 24.6. The fraction of sp³-hybridized carbons (Fsp3) is 0.769. The Hall–Kier alpha value is -1.79. The van der Waals surface area contributed by atoms with Crippen molar-refractivity contribution in [3.8, 4) is 0 Å². The maximum atomic E-state index is 12.7. The fourth-order valence-electron chi connectivity index (χ4n) is 0.860. The minimum Gasteiger partial charge on any atom is -0.468 e. The van der Waals surface area contributed by atoms with Gasteiger partial charge in [0.1, 0.15) is 18.1 Å². The van der Waals surface area contributed by atoms with Crippen LogP contribution >= 0.6 is 0 Å². The van der Waals surface area contributed by atoms with Gasteiger partial charge in [-0.15, -0.1) is 0 Å². The lowest BCUT2D eigenvalue weighted by atomic mass is 10.0. The van der Waals surface area contributed by atoms with Crippen LogP contribution in [-0.2, 0) is 19.1 Å². The van der Waals surface area contributed by atoms with Crippen LogP contribution in [-0.4, -0.2) is 43.2 Å². The number of nitrogens with one attached hydrogen (secondary N) is 2. The minimum absolute atomic E-state index is 0.763. The summed E-state index contributed by atoms with van der Waals surface area (Å²) in [5.74, 6) is -7.79. The average Bonchev–Trinajstić information content (AvgIpc) is 2.48. The number of ether oxygens (including phenoxy) is 2. The first-order valence-electron chi connectivity index (χ1n) is 10.4. The Morgan fingerprint density at radius 2 is 1.95 bits per heavy atom. The SMILES string of the molecule is [2H]C([2H])(NC(=O)[C@]([2H])(NC(=O)OC(C)(C)C)C([2H])(C([2H])([2H])[2H])C([2H])([2H])[2H])C(=O)OC. The van der Waals surface area contributed by atoms with Crippen LogP contribution in [0.3, 0.4) is 0 Å². The summed E-state index contributed by atoms with van der Waals surface area (Å²) in [5, 5.41) is 2.76. The molecule has 0 aliphatic rings. The molecule has 0 spiro atoms. The third-order valence-electron chi connectivity index (χ3n) is 1.57. The highest BCUT2D eigenvalue weighted by molar-refractivity contribution is 5.88. The van der Waals surface area contributed by atoms with Gasteiger partial charge in [-0.05, 0) is 26.7 Å². The molecule has 0 aromatic heterocycles. The summed E-state index contributed by atoms with van der Waals surface area (Å²) in [6.07, 6.45) is -1.63. The fourth-order valence-corrected chi connectivity index (χ4v) is 0.860. The number of carbonyl (C=O) groups is 3. The number of carbonyl (C=O) groups excluding carboxylic acids is 3. The maximum absolute atomic E-state index is 12.7. The van der Waals surface area contributed by atoms with Crippen LogP contribution in [0.25, 0.3) is 0 Å². The van der Waals surface area contributed by atoms with Crippen molar-refractivity contribution < 1.29 is 37.6 Å². The second kappa shape index (κ2) is 7.72. The highest BCUT2D eigenvalue weighted by atomic mass is 16.6. The molecule has 0 saturated heterocycles. The zero-order valence-electron chi connectivity index (χ0n) is 21.5. The molecule has 116 valence electrons. The normalized spacial score (nSPS) is 24.0. The van der Waals surface area contributed by atoms with Crippen molar-refractivity contribution in [2.75, 3.05) is 13.6 Å². The Kier molecular flexibility index (Phi) is 2.81. The van der Waals surface area contributed by atoms with E-state index in [1.807, 2.05) is 0 Å². The maximum Gasteiger partial charge on any atom is 0.408 e. The molecule has 2 amide bonds. The number of methoxy groups -OCH3 is 1. The molecule has 0 heterocycles. The monoisotopic (exact) mass is 298 g/mol. The van der Waals surface area contributed by atoms with E-state index in [2.05, 4.69) is 4.74 Å². The Balaban J connectivity index is 6.64. The van der Waals surface area contributed by atoms with Gasteiger partial charge in [-0.3, -0.25) is 9.59 Å². The smallest absolute Gasteiger partial charge is 0.408 e. The Labute approximate surface area is 133 Å². The summed E-state index contributed by atoms with van der Waals surface area (Å²) in [7, 11) is 0.763. The van der Waals surface area contributed by atoms with E-state index in [0.29, 0.717) is 0 Å². The minimum atomic E-state index is -4.01. The van der Waals surface area contributed by atoms with Gasteiger partial charge >= 0.3 is 12.1 Å². The topological polar surface area (TPSA) is 93.7 Å². The van der Waals surface area contributed by atoms with Gasteiger partial charge in [-0.1, -0.05) is 13.7 Å². The molecule has 0 radical (unpaired) electrons. The van der Waals surface area contributed by atoms with Gasteiger partial charge < -0.3 is 20.1 Å². The third-order valence-corrected chi connectivity index (χ3v) is 1.57. The highest BCUT2D eigenvalue weighted by Crippen LogP contribution is 2.08. The molecule has 0 rings (SSSR count). The molecule has 1 atom stereocenters. The summed E-state index contributed by atoms with van der Waals surface area (Å²) in [4.78, 5) is 36.4. The summed E-state index contributed by atoms with van der Waals surface area (Å²) in [6, 6.07) is -3.87. The molecule has 0 aromatic rings. The quantitative estimate of drug-likeness (QED) is 0.733. The van der Waals surface area contributed by atoms with Crippen molar-refractivity contribution in [3.05, 3.63) is 0 Å². The number of hydrogen-bond acceptors (Lipinski definition) is 5. The van der Waals surface area contributed by atoms with Crippen LogP contribution < -0.4 is 10.6 Å². The van der Waals surface area contributed by atoms with E-state index < -0.39 is 55.7 Å². The first kappa shape index (κ1) is 7.28. The molecule has 7 heteroatoms. The predicted molar refractivity (Wildman–Crippen MR) is 73.0 cm³/mol. The van der Waals surface area contributed by atoms with Gasteiger partial charge in [0, 0.05) is 9.60 Å². The number of esters is 1. The van der Waals surface area contributed by atoms with Gasteiger partial charge in [0.15, 0.2) is 0 Å². The van der Waals surface area contributed by atoms with Crippen molar-refractivity contribution in [1.29, 1.82) is 0 Å². The van der Waals surface area contributed by atoms with E-state index >= 15 is 0 Å². The lowest BCUT2D eigenvalue weighted by Crippen LogP contribution is -2.51. The summed E-state index contributed by atoms with van der Waals surface area (Å²) in [6.45, 7) is -6.98. The van der Waals surface area contributed by atoms with Gasteiger partial charge in [0.25, 0.3) is 0 Å². The van der Waals surface area contributed by atoms with Crippen molar-refractivity contribution in [1.82, 2.24) is 10.6 Å². The van der Waals surface area contributed by atoms with Crippen LogP contribution in [0.1, 0.15) is 48.2 Å². The Bertz CT molecular complexity index is 671. The number of amides is 2. The number of hydrogen-bond donors (Lipinski definition) is 2. The Morgan fingerprint density at radius 1 is 1.35 bits per heavy atom. The van der Waals surface area contributed by atoms with E-state index in [0.717, 1.165) is 7.11 Å². The molecule has 0 bridgehead atoms. The van der Waals surface area contributed by atoms with Gasteiger partial charge in [-0.25, -0.2) is 4.79 Å². The molecular formula is C13H24N2O5. The molecule has 0 fully saturated rings. The van der Waals surface area contributed by atoms with Crippen LogP contribution in [0.15, 0.2) is 0 Å². The molecule has 7 nitrogen and oxygen atoms in total. The average molecular weight is 298 g/mol. The van der Waals surface area contributed by atoms with E-state index in [1.165, 1.54) is 31.4 Å². The molecular weight excluding hydrogens is 264 g/mol. The first-order valence-corrected chi connectivity index (χ1v) is 5.38. The van der Waals surface area contributed by atoms with E-state index in [-0.39, 0.29) is 0 Å². The van der Waals surface area contributed by atoms with Gasteiger partial charge in [0.05, 0.1) is 11.2 Å². The standard InChI is InChI=1S/C13H24N2O5/c1-8(2)10(11(17)14-7-9(16)19-6)15-12(18)20-13(3,4)5/h8,10H,7H2,1-6H3,(H,14,17)(H,15,18)/t10-/m1/s1/i1D3,2D3,7D2,8D,10D. The number of rotatable bonds is 5. The summed E-state index contributed by atoms with van der Waals surface area (Å²) in [5.41, 5.74) is -1.23. The highest BCUT2D eigenvalue weighted by Gasteiger charge is 2.27. The summed E-state index contributed by atoms with van der Waals surface area (Å²) >= 11 is 0. The summed E-state index contributed by atoms with van der Waals surface area (Å²) < 4.78 is 85.1. The van der Waals surface area contributed by atoms with Crippen LogP contribution in [0.4, 0.5) is 4.79 Å². The molecule has 0 aliphatic carbocycles. The van der Waals surface area contributed by atoms with Crippen molar-refractivity contribution in [2.24, 2.45) is 5.89 Å². The largest absolute Gasteiger partial charge is 0.468 e. The van der Waals surface area contributed by atoms with Crippen molar-refractivity contribution in [3.63, 3.8) is 0 Å². The predicted octanol–water partition coefficient (Wildman–Crippen LogP) is 0.825. The van der Waals surface area contributed by atoms with Crippen molar-refractivity contribution in [2.45, 2.75) is 46.1 Å². The van der Waals surface area contributed by atoms with Crippen LogP contribution in [0.5, 0.6) is 0 Å². The second-order valence-corrected chi connectivity index (χ2v) is 4.45. The van der Waals surface area contributed by atoms with E-state index in [1.54, 1.807) is 0 Å². The van der Waals surface area contributed by atoms with E-state index in [4.69, 9.17) is 18.4 Å². The molecule has 0 unspecified atom stereocenters. The van der Waals surface area contributed by atoms with Gasteiger partial charge in [-0.2, -0.15) is 0 Å². The van der Waals surface area contributed by atoms with Gasteiger partial charge in [0.2, 0.25) is 5.91 Å². The third kappa shape index (κ3) is 7.60. The Morgan fingerprint density at radius 3 is 2.40 bits per heavy atom.